The van der Waals surface area contributed by atoms with Gasteiger partial charge in [-0.1, -0.05) is 11.6 Å². The van der Waals surface area contributed by atoms with E-state index in [9.17, 15) is 8.78 Å². The molecular formula is C15H10ClF2N3O. The number of rotatable bonds is 4. The van der Waals surface area contributed by atoms with Crippen LogP contribution in [0.1, 0.15) is 5.89 Å². The van der Waals surface area contributed by atoms with Gasteiger partial charge in [0.25, 0.3) is 0 Å². The van der Waals surface area contributed by atoms with Gasteiger partial charge in [-0.3, -0.25) is 0 Å². The minimum Gasteiger partial charge on any atom is -0.419 e. The first-order valence-electron chi connectivity index (χ1n) is 6.39. The van der Waals surface area contributed by atoms with E-state index in [2.05, 4.69) is 15.5 Å². The smallest absolute Gasteiger partial charge is 0.247 e. The van der Waals surface area contributed by atoms with Crippen LogP contribution < -0.4 is 5.32 Å². The van der Waals surface area contributed by atoms with Crippen LogP contribution in [0.3, 0.4) is 0 Å². The molecule has 0 radical (unpaired) electrons. The van der Waals surface area contributed by atoms with Gasteiger partial charge in [-0.05, 0) is 36.4 Å². The van der Waals surface area contributed by atoms with Crippen molar-refractivity contribution in [2.24, 2.45) is 0 Å². The zero-order chi connectivity index (χ0) is 15.5. The summed E-state index contributed by atoms with van der Waals surface area (Å²) in [6.07, 6.45) is 0. The summed E-state index contributed by atoms with van der Waals surface area (Å²) in [5.74, 6) is -1.13. The number of anilines is 1. The number of halogens is 3. The van der Waals surface area contributed by atoms with E-state index in [0.717, 1.165) is 17.7 Å². The summed E-state index contributed by atoms with van der Waals surface area (Å²) in [6.45, 7) is 0.200. The number of hydrogen-bond acceptors (Lipinski definition) is 4. The second-order valence-corrected chi connectivity index (χ2v) is 4.93. The molecule has 0 unspecified atom stereocenters. The molecule has 0 amide bonds. The topological polar surface area (TPSA) is 51.0 Å². The van der Waals surface area contributed by atoms with Crippen molar-refractivity contribution in [3.05, 3.63) is 65.0 Å². The molecule has 0 aliphatic carbocycles. The van der Waals surface area contributed by atoms with Gasteiger partial charge in [-0.2, -0.15) is 0 Å². The molecule has 0 saturated heterocycles. The maximum atomic E-state index is 13.1. The van der Waals surface area contributed by atoms with Crippen LogP contribution in [0.15, 0.2) is 46.9 Å². The molecule has 7 heteroatoms. The van der Waals surface area contributed by atoms with Gasteiger partial charge >= 0.3 is 0 Å². The van der Waals surface area contributed by atoms with Crippen molar-refractivity contribution >= 4 is 17.3 Å². The Morgan fingerprint density at radius 1 is 1.00 bits per heavy atom. The lowest BCUT2D eigenvalue weighted by molar-refractivity contribution is 0.507. The van der Waals surface area contributed by atoms with Crippen molar-refractivity contribution in [1.29, 1.82) is 0 Å². The summed E-state index contributed by atoms with van der Waals surface area (Å²) >= 11 is 5.81. The zero-order valence-corrected chi connectivity index (χ0v) is 11.9. The van der Waals surface area contributed by atoms with Crippen LogP contribution in [0, 0.1) is 11.6 Å². The fourth-order valence-electron chi connectivity index (χ4n) is 1.82. The molecule has 1 N–H and O–H groups in total. The summed E-state index contributed by atoms with van der Waals surface area (Å²) in [5, 5.41) is 11.3. The maximum Gasteiger partial charge on any atom is 0.247 e. The summed E-state index contributed by atoms with van der Waals surface area (Å²) < 4.78 is 31.4. The lowest BCUT2D eigenvalue weighted by Crippen LogP contribution is -2.00. The minimum absolute atomic E-state index is 0.200. The molecule has 0 spiro atoms. The lowest BCUT2D eigenvalue weighted by atomic mass is 10.2. The Bertz CT molecular complexity index is 790. The van der Waals surface area contributed by atoms with Crippen LogP contribution in [0.5, 0.6) is 0 Å². The Hall–Kier alpha value is -2.47. The molecule has 3 aromatic rings. The van der Waals surface area contributed by atoms with E-state index in [1.54, 1.807) is 24.3 Å². The number of aromatic nitrogens is 2. The van der Waals surface area contributed by atoms with E-state index in [1.165, 1.54) is 6.07 Å². The minimum atomic E-state index is -0.919. The molecule has 0 aliphatic heterocycles. The lowest BCUT2D eigenvalue weighted by Gasteiger charge is -2.03. The molecule has 1 heterocycles. The quantitative estimate of drug-likeness (QED) is 0.779. The first kappa shape index (κ1) is 14.5. The molecule has 0 saturated carbocycles. The van der Waals surface area contributed by atoms with Gasteiger partial charge in [-0.25, -0.2) is 8.78 Å². The van der Waals surface area contributed by atoms with Gasteiger partial charge in [0.1, 0.15) is 0 Å². The third kappa shape index (κ3) is 3.23. The fraction of sp³-hybridized carbons (Fsp3) is 0.0667. The summed E-state index contributed by atoms with van der Waals surface area (Å²) in [5.41, 5.74) is 1.17. The highest BCUT2D eigenvalue weighted by Crippen LogP contribution is 2.20. The highest BCUT2D eigenvalue weighted by molar-refractivity contribution is 6.30. The summed E-state index contributed by atoms with van der Waals surface area (Å²) in [4.78, 5) is 0. The Labute approximate surface area is 129 Å². The Morgan fingerprint density at radius 3 is 2.50 bits per heavy atom. The SMILES string of the molecule is Fc1ccc(NCc2nnc(-c3ccc(Cl)cc3)o2)cc1F. The first-order chi connectivity index (χ1) is 10.6. The Balaban J connectivity index is 1.69. The van der Waals surface area contributed by atoms with E-state index in [1.807, 2.05) is 0 Å². The molecule has 0 bridgehead atoms. The Kier molecular flexibility index (Phi) is 4.02. The standard InChI is InChI=1S/C15H10ClF2N3O/c16-10-3-1-9(2-4-10)15-21-20-14(22-15)8-19-11-5-6-12(17)13(18)7-11/h1-7,19H,8H2. The van der Waals surface area contributed by atoms with Crippen molar-refractivity contribution in [1.82, 2.24) is 10.2 Å². The van der Waals surface area contributed by atoms with Gasteiger partial charge in [-0.15, -0.1) is 10.2 Å². The highest BCUT2D eigenvalue weighted by atomic mass is 35.5. The molecule has 3 rings (SSSR count). The van der Waals surface area contributed by atoms with Crippen molar-refractivity contribution < 1.29 is 13.2 Å². The van der Waals surface area contributed by atoms with Gasteiger partial charge in [0.15, 0.2) is 11.6 Å². The zero-order valence-electron chi connectivity index (χ0n) is 11.2. The van der Waals surface area contributed by atoms with Crippen molar-refractivity contribution in [2.75, 3.05) is 5.32 Å². The molecule has 2 aromatic carbocycles. The van der Waals surface area contributed by atoms with Crippen LogP contribution in [-0.2, 0) is 6.54 Å². The molecule has 112 valence electrons. The molecule has 0 atom stereocenters. The second kappa shape index (κ2) is 6.11. The van der Waals surface area contributed by atoms with Crippen LogP contribution in [-0.4, -0.2) is 10.2 Å². The van der Waals surface area contributed by atoms with Crippen LogP contribution >= 0.6 is 11.6 Å². The normalized spacial score (nSPS) is 10.7. The average Bonchev–Trinajstić information content (AvgIpc) is 2.98. The van der Waals surface area contributed by atoms with Gasteiger partial charge in [0.2, 0.25) is 11.8 Å². The van der Waals surface area contributed by atoms with Crippen molar-refractivity contribution in [3.8, 4) is 11.5 Å². The van der Waals surface area contributed by atoms with E-state index >= 15 is 0 Å². The van der Waals surface area contributed by atoms with E-state index in [-0.39, 0.29) is 6.54 Å². The van der Waals surface area contributed by atoms with Crippen LogP contribution in [0.25, 0.3) is 11.5 Å². The third-order valence-electron chi connectivity index (χ3n) is 2.92. The predicted octanol–water partition coefficient (Wildman–Crippen LogP) is 4.28. The largest absolute Gasteiger partial charge is 0.419 e. The highest BCUT2D eigenvalue weighted by Gasteiger charge is 2.09. The number of nitrogens with one attached hydrogen (secondary N) is 1. The monoisotopic (exact) mass is 321 g/mol. The van der Waals surface area contributed by atoms with Gasteiger partial charge < -0.3 is 9.73 Å². The van der Waals surface area contributed by atoms with Gasteiger partial charge in [0, 0.05) is 22.3 Å². The first-order valence-corrected chi connectivity index (χ1v) is 6.77. The predicted molar refractivity (Wildman–Crippen MR) is 78.4 cm³/mol. The van der Waals surface area contributed by atoms with Crippen molar-refractivity contribution in [2.45, 2.75) is 6.54 Å². The van der Waals surface area contributed by atoms with Gasteiger partial charge in [0.05, 0.1) is 6.54 Å². The fourth-order valence-corrected chi connectivity index (χ4v) is 1.94. The van der Waals surface area contributed by atoms with Crippen molar-refractivity contribution in [3.63, 3.8) is 0 Å². The number of hydrogen-bond donors (Lipinski definition) is 1. The van der Waals surface area contributed by atoms with E-state index < -0.39 is 11.6 Å². The molecule has 0 aliphatic rings. The summed E-state index contributed by atoms with van der Waals surface area (Å²) in [6, 6.07) is 10.5. The van der Waals surface area contributed by atoms with E-state index in [0.29, 0.717) is 22.5 Å². The number of benzene rings is 2. The average molecular weight is 322 g/mol. The molecule has 0 fully saturated rings. The molecular weight excluding hydrogens is 312 g/mol. The van der Waals surface area contributed by atoms with E-state index in [4.69, 9.17) is 16.0 Å². The molecule has 22 heavy (non-hydrogen) atoms. The molecule has 1 aromatic heterocycles. The molecule has 4 nitrogen and oxygen atoms in total. The maximum absolute atomic E-state index is 13.1. The number of nitrogens with zero attached hydrogens (tertiary/aromatic N) is 2. The van der Waals surface area contributed by atoms with Crippen LogP contribution in [0.2, 0.25) is 5.02 Å². The summed E-state index contributed by atoms with van der Waals surface area (Å²) in [7, 11) is 0. The third-order valence-corrected chi connectivity index (χ3v) is 3.17. The van der Waals surface area contributed by atoms with Crippen LogP contribution in [0.4, 0.5) is 14.5 Å². The second-order valence-electron chi connectivity index (χ2n) is 4.49. The Morgan fingerprint density at radius 2 is 1.77 bits per heavy atom.